The molecule has 1 N–H and O–H groups in total. The lowest BCUT2D eigenvalue weighted by atomic mass is 10.1. The van der Waals surface area contributed by atoms with Crippen LogP contribution in [0.3, 0.4) is 0 Å². The van der Waals surface area contributed by atoms with Gasteiger partial charge in [0.1, 0.15) is 6.04 Å². The second-order valence-corrected chi connectivity index (χ2v) is 6.80. The monoisotopic (exact) mass is 356 g/mol. The molecule has 0 bridgehead atoms. The molecule has 128 valence electrons. The molecule has 0 aromatic heterocycles. The van der Waals surface area contributed by atoms with Crippen LogP contribution in [-0.2, 0) is 11.3 Å². The third-order valence-electron chi connectivity index (χ3n) is 4.80. The quantitative estimate of drug-likeness (QED) is 0.899. The van der Waals surface area contributed by atoms with Gasteiger partial charge in [0.05, 0.1) is 23.9 Å². The zero-order valence-corrected chi connectivity index (χ0v) is 14.2. The number of halogens is 1. The van der Waals surface area contributed by atoms with E-state index < -0.39 is 12.1 Å². The second-order valence-electron chi connectivity index (χ2n) is 6.40. The number of rotatable bonds is 2. The summed E-state index contributed by atoms with van der Waals surface area (Å²) >= 11 is 6.27. The number of amides is 2. The molecule has 4 rings (SSSR count). The van der Waals surface area contributed by atoms with Crippen LogP contribution in [-0.4, -0.2) is 40.5 Å². The van der Waals surface area contributed by atoms with E-state index in [9.17, 15) is 14.7 Å². The molecule has 2 aliphatic heterocycles. The first-order chi connectivity index (χ1) is 12.1. The Morgan fingerprint density at radius 2 is 1.80 bits per heavy atom. The SMILES string of the molecule is O=C1[C@@H]2C[C@@H](O)CN2C(=O)c2ccccc2N1Cc1ccccc1Cl. The van der Waals surface area contributed by atoms with E-state index in [4.69, 9.17) is 11.6 Å². The Balaban J connectivity index is 1.81. The lowest BCUT2D eigenvalue weighted by Gasteiger charge is -2.26. The van der Waals surface area contributed by atoms with Gasteiger partial charge in [-0.15, -0.1) is 0 Å². The Labute approximate surface area is 150 Å². The van der Waals surface area contributed by atoms with Crippen LogP contribution >= 0.6 is 11.6 Å². The molecule has 2 aromatic carbocycles. The number of hydrogen-bond donors (Lipinski definition) is 1. The van der Waals surface area contributed by atoms with Crippen molar-refractivity contribution in [3.05, 3.63) is 64.7 Å². The van der Waals surface area contributed by atoms with Crippen molar-refractivity contribution in [3.8, 4) is 0 Å². The Kier molecular flexibility index (Phi) is 3.98. The maximum Gasteiger partial charge on any atom is 0.256 e. The van der Waals surface area contributed by atoms with Crippen LogP contribution in [0.1, 0.15) is 22.3 Å². The van der Waals surface area contributed by atoms with Crippen LogP contribution in [0.25, 0.3) is 0 Å². The number of fused-ring (bicyclic) bond motifs is 2. The number of nitrogens with zero attached hydrogens (tertiary/aromatic N) is 2. The number of carbonyl (C=O) groups excluding carboxylic acids is 2. The summed E-state index contributed by atoms with van der Waals surface area (Å²) in [4.78, 5) is 29.2. The minimum absolute atomic E-state index is 0.184. The molecular weight excluding hydrogens is 340 g/mol. The molecule has 0 spiro atoms. The highest BCUT2D eigenvalue weighted by atomic mass is 35.5. The molecular formula is C19H17ClN2O3. The molecule has 6 heteroatoms. The van der Waals surface area contributed by atoms with E-state index in [0.717, 1.165) is 5.56 Å². The average Bonchev–Trinajstić information content (AvgIpc) is 2.99. The van der Waals surface area contributed by atoms with Crippen LogP contribution in [0.2, 0.25) is 5.02 Å². The van der Waals surface area contributed by atoms with Gasteiger partial charge >= 0.3 is 0 Å². The van der Waals surface area contributed by atoms with Crippen molar-refractivity contribution >= 4 is 29.1 Å². The first kappa shape index (κ1) is 16.1. The van der Waals surface area contributed by atoms with Gasteiger partial charge < -0.3 is 14.9 Å². The summed E-state index contributed by atoms with van der Waals surface area (Å²) in [7, 11) is 0. The molecule has 2 aliphatic rings. The van der Waals surface area contributed by atoms with Crippen LogP contribution in [0.5, 0.6) is 0 Å². The Bertz CT molecular complexity index is 854. The van der Waals surface area contributed by atoms with Crippen LogP contribution in [0.15, 0.2) is 48.5 Å². The smallest absolute Gasteiger partial charge is 0.256 e. The lowest BCUT2D eigenvalue weighted by Crippen LogP contribution is -2.44. The highest BCUT2D eigenvalue weighted by molar-refractivity contribution is 6.31. The van der Waals surface area contributed by atoms with Gasteiger partial charge in [-0.05, 0) is 23.8 Å². The third kappa shape index (κ3) is 2.69. The summed E-state index contributed by atoms with van der Waals surface area (Å²) < 4.78 is 0. The molecule has 25 heavy (non-hydrogen) atoms. The van der Waals surface area contributed by atoms with E-state index in [-0.39, 0.29) is 31.3 Å². The summed E-state index contributed by atoms with van der Waals surface area (Å²) in [5, 5.41) is 10.5. The fourth-order valence-corrected chi connectivity index (χ4v) is 3.77. The fourth-order valence-electron chi connectivity index (χ4n) is 3.58. The largest absolute Gasteiger partial charge is 0.391 e. The standard InChI is InChI=1S/C19H17ClN2O3/c20-15-7-3-1-5-12(15)10-21-16-8-4-2-6-14(16)18(24)22-11-13(23)9-17(22)19(21)25/h1-8,13,17,23H,9-11H2/t13-,17+/m1/s1. The van der Waals surface area contributed by atoms with Crippen molar-refractivity contribution in [1.82, 2.24) is 4.90 Å². The topological polar surface area (TPSA) is 60.9 Å². The second kappa shape index (κ2) is 6.17. The van der Waals surface area contributed by atoms with Crippen molar-refractivity contribution in [2.75, 3.05) is 11.4 Å². The first-order valence-electron chi connectivity index (χ1n) is 8.19. The van der Waals surface area contributed by atoms with Crippen molar-refractivity contribution in [1.29, 1.82) is 0 Å². The van der Waals surface area contributed by atoms with Gasteiger partial charge in [-0.25, -0.2) is 0 Å². The number of benzene rings is 2. The van der Waals surface area contributed by atoms with Crippen LogP contribution in [0.4, 0.5) is 5.69 Å². The minimum atomic E-state index is -0.676. The Hall–Kier alpha value is -2.37. The number of aliphatic hydroxyl groups excluding tert-OH is 1. The van der Waals surface area contributed by atoms with Gasteiger partial charge in [0.25, 0.3) is 5.91 Å². The predicted molar refractivity (Wildman–Crippen MR) is 94.5 cm³/mol. The van der Waals surface area contributed by atoms with E-state index in [2.05, 4.69) is 0 Å². The number of anilines is 1. The van der Waals surface area contributed by atoms with E-state index in [1.165, 1.54) is 4.90 Å². The number of aliphatic hydroxyl groups is 1. The van der Waals surface area contributed by atoms with Gasteiger partial charge in [-0.2, -0.15) is 0 Å². The van der Waals surface area contributed by atoms with E-state index >= 15 is 0 Å². The third-order valence-corrected chi connectivity index (χ3v) is 5.17. The molecule has 0 unspecified atom stereocenters. The molecule has 2 aromatic rings. The van der Waals surface area contributed by atoms with Crippen molar-refractivity contribution in [2.24, 2.45) is 0 Å². The highest BCUT2D eigenvalue weighted by Crippen LogP contribution is 2.34. The maximum atomic E-state index is 13.2. The molecule has 5 nitrogen and oxygen atoms in total. The summed E-state index contributed by atoms with van der Waals surface area (Å²) in [6, 6.07) is 13.8. The average molecular weight is 357 g/mol. The summed E-state index contributed by atoms with van der Waals surface area (Å²) in [6.45, 7) is 0.465. The maximum absolute atomic E-state index is 13.2. The zero-order chi connectivity index (χ0) is 17.6. The molecule has 2 atom stereocenters. The molecule has 2 amide bonds. The number of para-hydroxylation sites is 1. The molecule has 2 heterocycles. The van der Waals surface area contributed by atoms with Gasteiger partial charge in [0.15, 0.2) is 0 Å². The van der Waals surface area contributed by atoms with Crippen molar-refractivity contribution in [3.63, 3.8) is 0 Å². The normalized spacial score (nSPS) is 22.6. The number of hydrogen-bond acceptors (Lipinski definition) is 3. The van der Waals surface area contributed by atoms with Gasteiger partial charge in [-0.1, -0.05) is 41.9 Å². The van der Waals surface area contributed by atoms with E-state index in [0.29, 0.717) is 16.3 Å². The highest BCUT2D eigenvalue weighted by Gasteiger charge is 2.44. The van der Waals surface area contributed by atoms with Crippen LogP contribution in [0, 0.1) is 0 Å². The van der Waals surface area contributed by atoms with Gasteiger partial charge in [-0.3, -0.25) is 9.59 Å². The first-order valence-corrected chi connectivity index (χ1v) is 8.57. The van der Waals surface area contributed by atoms with E-state index in [1.54, 1.807) is 29.2 Å². The Morgan fingerprint density at radius 1 is 1.08 bits per heavy atom. The van der Waals surface area contributed by atoms with Crippen molar-refractivity contribution < 1.29 is 14.7 Å². The van der Waals surface area contributed by atoms with Gasteiger partial charge in [0.2, 0.25) is 5.91 Å². The van der Waals surface area contributed by atoms with Gasteiger partial charge in [0, 0.05) is 18.0 Å². The van der Waals surface area contributed by atoms with E-state index in [1.807, 2.05) is 24.3 Å². The molecule has 0 saturated carbocycles. The fraction of sp³-hybridized carbons (Fsp3) is 0.263. The van der Waals surface area contributed by atoms with Crippen LogP contribution < -0.4 is 4.90 Å². The molecule has 1 saturated heterocycles. The molecule has 0 aliphatic carbocycles. The molecule has 0 radical (unpaired) electrons. The summed E-state index contributed by atoms with van der Waals surface area (Å²) in [5.74, 6) is -0.401. The lowest BCUT2D eigenvalue weighted by molar-refractivity contribution is -0.122. The molecule has 1 fully saturated rings. The number of carbonyl (C=O) groups is 2. The summed E-state index contributed by atoms with van der Waals surface area (Å²) in [5.41, 5.74) is 1.87. The minimum Gasteiger partial charge on any atom is -0.391 e. The zero-order valence-electron chi connectivity index (χ0n) is 13.4. The summed E-state index contributed by atoms with van der Waals surface area (Å²) in [6.07, 6.45) is -0.414. The Morgan fingerprint density at radius 3 is 2.60 bits per heavy atom. The van der Waals surface area contributed by atoms with Crippen molar-refractivity contribution in [2.45, 2.75) is 25.1 Å². The predicted octanol–water partition coefficient (Wildman–Crippen LogP) is 2.46.